The van der Waals surface area contributed by atoms with E-state index in [1.54, 1.807) is 6.20 Å². The van der Waals surface area contributed by atoms with Crippen LogP contribution in [0.3, 0.4) is 0 Å². The van der Waals surface area contributed by atoms with Gasteiger partial charge in [-0.3, -0.25) is 0 Å². The van der Waals surface area contributed by atoms with Crippen molar-refractivity contribution in [1.82, 2.24) is 9.97 Å². The Kier molecular flexibility index (Phi) is 9.51. The molecule has 3 heterocycles. The van der Waals surface area contributed by atoms with Crippen LogP contribution in [0.5, 0.6) is 0 Å². The number of benzene rings is 4. The third-order valence-electron chi connectivity index (χ3n) is 7.70. The predicted molar refractivity (Wildman–Crippen MR) is 187 cm³/mol. The summed E-state index contributed by atoms with van der Waals surface area (Å²) < 4.78 is 14.7. The minimum atomic E-state index is -1.50. The molecule has 3 nitrogen and oxygen atoms in total. The van der Waals surface area contributed by atoms with E-state index in [2.05, 4.69) is 84.2 Å². The maximum atomic E-state index is 8.44. The fourth-order valence-electron chi connectivity index (χ4n) is 5.42. The molecule has 0 saturated carbocycles. The molecule has 3 aromatic heterocycles. The molecular formula is C40H36IrN2OSi-2. The summed E-state index contributed by atoms with van der Waals surface area (Å²) in [5.41, 5.74) is 8.81. The van der Waals surface area contributed by atoms with Gasteiger partial charge in [0.15, 0.2) is 0 Å². The van der Waals surface area contributed by atoms with Gasteiger partial charge in [0.1, 0.15) is 5.58 Å². The van der Waals surface area contributed by atoms with Crippen molar-refractivity contribution in [2.45, 2.75) is 39.4 Å². The first-order valence-corrected chi connectivity index (χ1v) is 18.4. The van der Waals surface area contributed by atoms with Crippen molar-refractivity contribution in [3.05, 3.63) is 139 Å². The van der Waals surface area contributed by atoms with Crippen LogP contribution in [0.25, 0.3) is 55.6 Å². The summed E-state index contributed by atoms with van der Waals surface area (Å²) >= 11 is 0. The number of nitrogens with zero attached hydrogens (tertiary/aromatic N) is 2. The molecule has 0 aliphatic carbocycles. The van der Waals surface area contributed by atoms with Crippen molar-refractivity contribution in [2.75, 3.05) is 0 Å². The second-order valence-electron chi connectivity index (χ2n) is 12.1. The average molecular weight is 782 g/mol. The number of furan rings is 1. The molecule has 0 atom stereocenters. The van der Waals surface area contributed by atoms with Gasteiger partial charge in [-0.05, 0) is 45.7 Å². The molecule has 1 radical (unpaired) electrons. The largest absolute Gasteiger partial charge is 0.501 e. The number of rotatable bonds is 5. The monoisotopic (exact) mass is 782 g/mol. The maximum Gasteiger partial charge on any atom is 0.121 e. The normalized spacial score (nSPS) is 11.8. The zero-order valence-corrected chi connectivity index (χ0v) is 29.6. The second-order valence-corrected chi connectivity index (χ2v) is 17.2. The van der Waals surface area contributed by atoms with Gasteiger partial charge in [-0.2, -0.15) is 0 Å². The molecule has 7 rings (SSSR count). The molecule has 227 valence electrons. The summed E-state index contributed by atoms with van der Waals surface area (Å²) in [6, 6.07) is 43.0. The van der Waals surface area contributed by atoms with Crippen LogP contribution in [-0.2, 0) is 20.1 Å². The van der Waals surface area contributed by atoms with Crippen LogP contribution in [0.15, 0.2) is 126 Å². The number of hydrogen-bond donors (Lipinski definition) is 0. The van der Waals surface area contributed by atoms with E-state index in [0.717, 1.165) is 55.6 Å². The van der Waals surface area contributed by atoms with Gasteiger partial charge in [-0.25, -0.2) is 0 Å². The molecule has 0 aliphatic heterocycles. The minimum absolute atomic E-state index is 0. The van der Waals surface area contributed by atoms with Crippen molar-refractivity contribution >= 4 is 35.2 Å². The van der Waals surface area contributed by atoms with E-state index in [9.17, 15) is 0 Å². The smallest absolute Gasteiger partial charge is 0.121 e. The molecule has 7 aromatic rings. The summed E-state index contributed by atoms with van der Waals surface area (Å²) in [6.07, 6.45) is 3.77. The molecule has 0 bridgehead atoms. The maximum absolute atomic E-state index is 8.44. The van der Waals surface area contributed by atoms with E-state index >= 15 is 0 Å². The van der Waals surface area contributed by atoms with E-state index in [1.807, 2.05) is 86.8 Å². The zero-order valence-electron chi connectivity index (χ0n) is 27.2. The molecule has 0 fully saturated rings. The van der Waals surface area contributed by atoms with Gasteiger partial charge in [-0.1, -0.05) is 111 Å². The van der Waals surface area contributed by atoms with Gasteiger partial charge in [0.05, 0.1) is 13.7 Å². The molecule has 5 heteroatoms. The van der Waals surface area contributed by atoms with Crippen LogP contribution < -0.4 is 5.19 Å². The summed E-state index contributed by atoms with van der Waals surface area (Å²) in [7, 11) is -1.50. The van der Waals surface area contributed by atoms with Crippen LogP contribution >= 0.6 is 0 Å². The molecule has 0 spiro atoms. The Bertz CT molecular complexity index is 2070. The van der Waals surface area contributed by atoms with Crippen molar-refractivity contribution in [2.24, 2.45) is 0 Å². The minimum Gasteiger partial charge on any atom is -0.501 e. The summed E-state index contributed by atoms with van der Waals surface area (Å²) in [5.74, 6) is -0.609. The molecule has 0 amide bonds. The van der Waals surface area contributed by atoms with Gasteiger partial charge in [0.2, 0.25) is 0 Å². The van der Waals surface area contributed by atoms with Crippen LogP contribution in [-0.4, -0.2) is 18.0 Å². The van der Waals surface area contributed by atoms with Crippen LogP contribution in [0.1, 0.15) is 26.7 Å². The van der Waals surface area contributed by atoms with Gasteiger partial charge in [-0.15, -0.1) is 54.1 Å². The van der Waals surface area contributed by atoms with Crippen molar-refractivity contribution in [3.8, 4) is 33.6 Å². The first-order chi connectivity index (χ1) is 21.6. The van der Waals surface area contributed by atoms with Crippen molar-refractivity contribution in [1.29, 1.82) is 0 Å². The zero-order chi connectivity index (χ0) is 31.6. The summed E-state index contributed by atoms with van der Waals surface area (Å²) in [6.45, 7) is 10.8. The molecule has 4 aromatic carbocycles. The molecular weight excluding hydrogens is 745 g/mol. The topological polar surface area (TPSA) is 38.9 Å². The van der Waals surface area contributed by atoms with E-state index in [-0.39, 0.29) is 20.1 Å². The number of aromatic nitrogens is 2. The Morgan fingerprint density at radius 3 is 2.20 bits per heavy atom. The Hall–Kier alpha value is -4.15. The van der Waals surface area contributed by atoms with Crippen LogP contribution in [0.2, 0.25) is 19.6 Å². The molecule has 0 unspecified atom stereocenters. The number of fused-ring (bicyclic) bond motifs is 3. The molecule has 45 heavy (non-hydrogen) atoms. The van der Waals surface area contributed by atoms with E-state index in [0.29, 0.717) is 0 Å². The van der Waals surface area contributed by atoms with Crippen molar-refractivity contribution in [3.63, 3.8) is 0 Å². The van der Waals surface area contributed by atoms with Gasteiger partial charge >= 0.3 is 0 Å². The van der Waals surface area contributed by atoms with E-state index in [1.165, 1.54) is 10.8 Å². The SMILES string of the molecule is [2H]C(C)(C)c1cc(-c2[c-]cccc2)ncc1[Si](C)(C)C.[Ir].[c-]1ccc2c(oc3cc(-c4ccccc4)ccc32)c1-c1ccccn1. The first-order valence-electron chi connectivity index (χ1n) is 15.4. The fraction of sp³-hybridized carbons (Fsp3) is 0.150. The first kappa shape index (κ1) is 30.9. The van der Waals surface area contributed by atoms with Crippen LogP contribution in [0, 0.1) is 12.1 Å². The van der Waals surface area contributed by atoms with Gasteiger partial charge in [0.25, 0.3) is 0 Å². The third kappa shape index (κ3) is 7.07. The van der Waals surface area contributed by atoms with Crippen LogP contribution in [0.4, 0.5) is 0 Å². The van der Waals surface area contributed by atoms with E-state index < -0.39 is 14.0 Å². The van der Waals surface area contributed by atoms with Gasteiger partial charge < -0.3 is 14.4 Å². The molecule has 0 aliphatic rings. The third-order valence-corrected chi connectivity index (χ3v) is 9.71. The van der Waals surface area contributed by atoms with Crippen molar-refractivity contribution < 1.29 is 25.9 Å². The quantitative estimate of drug-likeness (QED) is 0.129. The Morgan fingerprint density at radius 1 is 0.733 bits per heavy atom. The predicted octanol–water partition coefficient (Wildman–Crippen LogP) is 10.3. The average Bonchev–Trinajstić information content (AvgIpc) is 3.43. The fourth-order valence-corrected chi connectivity index (χ4v) is 7.00. The second kappa shape index (κ2) is 13.9. The number of pyridine rings is 2. The van der Waals surface area contributed by atoms with E-state index in [4.69, 9.17) is 5.79 Å². The standard InChI is InChI=1S/C23H14NO.C17H22NSi.Ir/c1-2-7-16(8-3-1)17-12-13-18-19-9-6-10-20(21-11-4-5-14-24-21)23(19)25-22(18)15-17;1-13(2)15-11-16(14-9-7-6-8-10-14)18-12-17(15)19(3,4)5;/h1-9,11-15H;6-9,11-13H,1-5H3;/q2*-1;/i;13D;. The Balaban J connectivity index is 0.000000182. The Labute approximate surface area is 282 Å². The van der Waals surface area contributed by atoms with Gasteiger partial charge in [0, 0.05) is 39.3 Å². The summed E-state index contributed by atoms with van der Waals surface area (Å²) in [4.78, 5) is 9.05. The Morgan fingerprint density at radius 2 is 1.51 bits per heavy atom. The number of hydrogen-bond acceptors (Lipinski definition) is 3. The molecule has 0 N–H and O–H groups in total. The summed E-state index contributed by atoms with van der Waals surface area (Å²) in [5, 5.41) is 3.48. The molecule has 0 saturated heterocycles.